The van der Waals surface area contributed by atoms with Crippen LogP contribution in [0.25, 0.3) is 0 Å². The SMILES string of the molecule is CC(C)=NOc1cnc(C(=O)Nc2cccc(CNc3cccnc3N)c2)cn1. The summed E-state index contributed by atoms with van der Waals surface area (Å²) < 4.78 is 0. The van der Waals surface area contributed by atoms with E-state index in [-0.39, 0.29) is 17.5 Å². The molecule has 1 amide bonds. The molecule has 4 N–H and O–H groups in total. The molecule has 3 aromatic rings. The fraction of sp³-hybridized carbons (Fsp3) is 0.150. The molecular weight excluding hydrogens is 370 g/mol. The minimum Gasteiger partial charge on any atom is -0.382 e. The predicted octanol–water partition coefficient (Wildman–Crippen LogP) is 3.09. The number of amides is 1. The molecular formula is C20H21N7O2. The normalized spacial score (nSPS) is 10.1. The molecule has 0 aliphatic carbocycles. The monoisotopic (exact) mass is 391 g/mol. The number of anilines is 3. The Bertz CT molecular complexity index is 1020. The van der Waals surface area contributed by atoms with Crippen LogP contribution in [0.3, 0.4) is 0 Å². The van der Waals surface area contributed by atoms with Gasteiger partial charge < -0.3 is 21.2 Å². The molecule has 0 spiro atoms. The van der Waals surface area contributed by atoms with E-state index in [0.717, 1.165) is 17.0 Å². The molecule has 9 heteroatoms. The number of pyridine rings is 1. The van der Waals surface area contributed by atoms with Crippen molar-refractivity contribution in [2.75, 3.05) is 16.4 Å². The molecule has 3 rings (SSSR count). The van der Waals surface area contributed by atoms with E-state index >= 15 is 0 Å². The molecule has 29 heavy (non-hydrogen) atoms. The fourth-order valence-corrected chi connectivity index (χ4v) is 2.34. The first kappa shape index (κ1) is 19.7. The van der Waals surface area contributed by atoms with Crippen LogP contribution >= 0.6 is 0 Å². The van der Waals surface area contributed by atoms with Gasteiger partial charge in [-0.1, -0.05) is 17.3 Å². The van der Waals surface area contributed by atoms with Crippen molar-refractivity contribution >= 4 is 28.8 Å². The molecule has 0 saturated heterocycles. The molecule has 0 aliphatic rings. The van der Waals surface area contributed by atoms with Gasteiger partial charge in [-0.25, -0.2) is 15.0 Å². The highest BCUT2D eigenvalue weighted by molar-refractivity contribution is 6.02. The molecule has 9 nitrogen and oxygen atoms in total. The number of hydrogen-bond acceptors (Lipinski definition) is 8. The Morgan fingerprint density at radius 1 is 1.14 bits per heavy atom. The first-order valence-corrected chi connectivity index (χ1v) is 8.86. The quantitative estimate of drug-likeness (QED) is 0.417. The summed E-state index contributed by atoms with van der Waals surface area (Å²) in [6.45, 7) is 4.12. The van der Waals surface area contributed by atoms with Gasteiger partial charge >= 0.3 is 0 Å². The molecule has 148 valence electrons. The number of nitrogens with zero attached hydrogens (tertiary/aromatic N) is 4. The highest BCUT2D eigenvalue weighted by Crippen LogP contribution is 2.17. The van der Waals surface area contributed by atoms with Crippen molar-refractivity contribution in [3.63, 3.8) is 0 Å². The molecule has 0 fully saturated rings. The second-order valence-corrected chi connectivity index (χ2v) is 6.31. The topological polar surface area (TPSA) is 127 Å². The van der Waals surface area contributed by atoms with Gasteiger partial charge in [-0.2, -0.15) is 0 Å². The van der Waals surface area contributed by atoms with Crippen molar-refractivity contribution in [2.45, 2.75) is 20.4 Å². The molecule has 0 aliphatic heterocycles. The highest BCUT2D eigenvalue weighted by atomic mass is 16.6. The Balaban J connectivity index is 1.61. The predicted molar refractivity (Wildman–Crippen MR) is 112 cm³/mol. The maximum absolute atomic E-state index is 12.4. The number of nitrogens with one attached hydrogen (secondary N) is 2. The number of nitrogen functional groups attached to an aromatic ring is 1. The second-order valence-electron chi connectivity index (χ2n) is 6.31. The molecule has 1 aromatic carbocycles. The maximum atomic E-state index is 12.4. The lowest BCUT2D eigenvalue weighted by molar-refractivity contribution is 0.102. The van der Waals surface area contributed by atoms with Gasteiger partial charge in [0.25, 0.3) is 11.8 Å². The fourth-order valence-electron chi connectivity index (χ4n) is 2.34. The molecule has 0 bridgehead atoms. The summed E-state index contributed by atoms with van der Waals surface area (Å²) in [6.07, 6.45) is 4.32. The summed E-state index contributed by atoms with van der Waals surface area (Å²) in [5.41, 5.74) is 9.10. The van der Waals surface area contributed by atoms with Crippen LogP contribution in [0, 0.1) is 0 Å². The van der Waals surface area contributed by atoms with Crippen LogP contribution in [-0.2, 0) is 6.54 Å². The number of carbonyl (C=O) groups excluding carboxylic acids is 1. The number of rotatable bonds is 7. The Hall–Kier alpha value is -4.01. The van der Waals surface area contributed by atoms with Crippen molar-refractivity contribution in [1.82, 2.24) is 15.0 Å². The average molecular weight is 391 g/mol. The lowest BCUT2D eigenvalue weighted by Crippen LogP contribution is -2.14. The van der Waals surface area contributed by atoms with Crippen LogP contribution in [0.5, 0.6) is 5.88 Å². The van der Waals surface area contributed by atoms with E-state index in [2.05, 4.69) is 30.7 Å². The Kier molecular flexibility index (Phi) is 6.31. The zero-order valence-corrected chi connectivity index (χ0v) is 16.1. The Labute approximate surface area is 168 Å². The summed E-state index contributed by atoms with van der Waals surface area (Å²) in [5, 5.41) is 9.81. The first-order chi connectivity index (χ1) is 14.0. The lowest BCUT2D eigenvalue weighted by Gasteiger charge is -2.10. The molecule has 2 heterocycles. The van der Waals surface area contributed by atoms with E-state index in [1.165, 1.54) is 12.4 Å². The summed E-state index contributed by atoms with van der Waals surface area (Å²) in [5.74, 6) is 0.272. The smallest absolute Gasteiger partial charge is 0.275 e. The van der Waals surface area contributed by atoms with E-state index < -0.39 is 0 Å². The van der Waals surface area contributed by atoms with Crippen molar-refractivity contribution in [3.05, 3.63) is 66.2 Å². The Morgan fingerprint density at radius 2 is 2.00 bits per heavy atom. The van der Waals surface area contributed by atoms with E-state index in [9.17, 15) is 4.79 Å². The van der Waals surface area contributed by atoms with Crippen LogP contribution < -0.4 is 21.2 Å². The summed E-state index contributed by atoms with van der Waals surface area (Å²) in [4.78, 5) is 29.6. The Morgan fingerprint density at radius 3 is 2.72 bits per heavy atom. The van der Waals surface area contributed by atoms with Crippen LogP contribution in [0.4, 0.5) is 17.2 Å². The van der Waals surface area contributed by atoms with Crippen LogP contribution in [-0.4, -0.2) is 26.6 Å². The third kappa shape index (κ3) is 5.73. The summed E-state index contributed by atoms with van der Waals surface area (Å²) >= 11 is 0. The number of nitrogens with two attached hydrogens (primary N) is 1. The highest BCUT2D eigenvalue weighted by Gasteiger charge is 2.10. The van der Waals surface area contributed by atoms with Crippen LogP contribution in [0.2, 0.25) is 0 Å². The van der Waals surface area contributed by atoms with E-state index in [0.29, 0.717) is 18.1 Å². The van der Waals surface area contributed by atoms with E-state index in [1.54, 1.807) is 26.1 Å². The van der Waals surface area contributed by atoms with Crippen LogP contribution in [0.1, 0.15) is 29.9 Å². The van der Waals surface area contributed by atoms with Gasteiger partial charge in [0, 0.05) is 18.4 Å². The molecule has 0 unspecified atom stereocenters. The van der Waals surface area contributed by atoms with Crippen molar-refractivity contribution in [2.24, 2.45) is 5.16 Å². The van der Waals surface area contributed by atoms with Gasteiger partial charge in [0.2, 0.25) is 0 Å². The van der Waals surface area contributed by atoms with Crippen LogP contribution in [0.15, 0.2) is 60.1 Å². The van der Waals surface area contributed by atoms with Crippen molar-refractivity contribution in [1.29, 1.82) is 0 Å². The standard InChI is InChI=1S/C20H21N7O2/c1-13(2)27-29-18-12-24-17(11-25-18)20(28)26-15-6-3-5-14(9-15)10-23-16-7-4-8-22-19(16)21/h3-9,11-12,23H,10H2,1-2H3,(H2,21,22)(H,26,28). The number of aromatic nitrogens is 3. The molecule has 0 saturated carbocycles. The number of carbonyl (C=O) groups is 1. The van der Waals surface area contributed by atoms with Gasteiger partial charge in [0.05, 0.1) is 23.8 Å². The minimum atomic E-state index is -0.374. The van der Waals surface area contributed by atoms with Gasteiger partial charge in [-0.05, 0) is 43.7 Å². The largest absolute Gasteiger partial charge is 0.382 e. The zero-order chi connectivity index (χ0) is 20.6. The van der Waals surface area contributed by atoms with E-state index in [4.69, 9.17) is 10.6 Å². The molecule has 2 aromatic heterocycles. The van der Waals surface area contributed by atoms with Gasteiger partial charge in [0.1, 0.15) is 11.5 Å². The zero-order valence-electron chi connectivity index (χ0n) is 16.1. The number of hydrogen-bond donors (Lipinski definition) is 3. The third-order valence-electron chi connectivity index (χ3n) is 3.69. The maximum Gasteiger partial charge on any atom is 0.275 e. The summed E-state index contributed by atoms with van der Waals surface area (Å²) in [6, 6.07) is 11.1. The molecule has 0 radical (unpaired) electrons. The van der Waals surface area contributed by atoms with Crippen molar-refractivity contribution < 1.29 is 9.63 Å². The number of benzene rings is 1. The lowest BCUT2D eigenvalue weighted by atomic mass is 10.2. The minimum absolute atomic E-state index is 0.168. The average Bonchev–Trinajstić information content (AvgIpc) is 2.72. The third-order valence-corrected chi connectivity index (χ3v) is 3.69. The van der Waals surface area contributed by atoms with E-state index in [1.807, 2.05) is 30.3 Å². The van der Waals surface area contributed by atoms with Gasteiger partial charge in [-0.15, -0.1) is 0 Å². The first-order valence-electron chi connectivity index (χ1n) is 8.86. The van der Waals surface area contributed by atoms with Gasteiger partial charge in [0.15, 0.2) is 0 Å². The molecule has 0 atom stereocenters. The summed E-state index contributed by atoms with van der Waals surface area (Å²) in [7, 11) is 0. The van der Waals surface area contributed by atoms with Gasteiger partial charge in [-0.3, -0.25) is 4.79 Å². The second kappa shape index (κ2) is 9.27. The number of oxime groups is 1. The van der Waals surface area contributed by atoms with Crippen molar-refractivity contribution in [3.8, 4) is 5.88 Å².